The highest BCUT2D eigenvalue weighted by Gasteiger charge is 2.13. The van der Waals surface area contributed by atoms with Crippen LogP contribution in [0.5, 0.6) is 0 Å². The van der Waals surface area contributed by atoms with Crippen molar-refractivity contribution in [3.63, 3.8) is 0 Å². The van der Waals surface area contributed by atoms with Crippen molar-refractivity contribution in [3.05, 3.63) is 56.7 Å². The van der Waals surface area contributed by atoms with Gasteiger partial charge < -0.3 is 5.32 Å². The zero-order valence-corrected chi connectivity index (χ0v) is 13.3. The van der Waals surface area contributed by atoms with E-state index in [0.29, 0.717) is 23.8 Å². The topological polar surface area (TPSA) is 76.9 Å². The lowest BCUT2D eigenvalue weighted by Crippen LogP contribution is -2.33. The molecule has 1 aliphatic rings. The summed E-state index contributed by atoms with van der Waals surface area (Å²) < 4.78 is 1.42. The van der Waals surface area contributed by atoms with E-state index >= 15 is 0 Å². The Hall–Kier alpha value is -2.21. The van der Waals surface area contributed by atoms with Crippen molar-refractivity contribution in [1.29, 1.82) is 0 Å². The highest BCUT2D eigenvalue weighted by atomic mass is 35.5. The van der Waals surface area contributed by atoms with Crippen molar-refractivity contribution in [2.75, 3.05) is 6.54 Å². The smallest absolute Gasteiger partial charge is 0.267 e. The Balaban J connectivity index is 1.61. The monoisotopic (exact) mass is 332 g/mol. The molecule has 120 valence electrons. The minimum absolute atomic E-state index is 0.118. The number of hydrogen-bond donors (Lipinski definition) is 1. The number of hydrogen-bond acceptors (Lipinski definition) is 4. The second-order valence-corrected chi connectivity index (χ2v) is 5.90. The molecule has 23 heavy (non-hydrogen) atoms. The predicted molar refractivity (Wildman–Crippen MR) is 86.7 cm³/mol. The second kappa shape index (κ2) is 6.91. The predicted octanol–water partition coefficient (Wildman–Crippen LogP) is 1.60. The van der Waals surface area contributed by atoms with Crippen molar-refractivity contribution < 1.29 is 4.79 Å². The van der Waals surface area contributed by atoms with Gasteiger partial charge in [0.15, 0.2) is 0 Å². The van der Waals surface area contributed by atoms with E-state index in [2.05, 4.69) is 15.4 Å². The number of aryl methyl sites for hydroxylation is 2. The molecule has 2 aromatic heterocycles. The molecule has 1 amide bonds. The van der Waals surface area contributed by atoms with Gasteiger partial charge in [0, 0.05) is 18.8 Å². The van der Waals surface area contributed by atoms with E-state index in [1.807, 2.05) is 0 Å². The molecule has 2 heterocycles. The molecule has 0 atom stereocenters. The number of nitrogens with one attached hydrogen (secondary N) is 1. The van der Waals surface area contributed by atoms with Crippen LogP contribution in [0.25, 0.3) is 0 Å². The third-order valence-corrected chi connectivity index (χ3v) is 4.10. The number of rotatable bonds is 4. The molecule has 0 aromatic carbocycles. The van der Waals surface area contributed by atoms with Gasteiger partial charge in [0.2, 0.25) is 0 Å². The quantitative estimate of drug-likeness (QED) is 0.863. The standard InChI is InChI=1S/C16H17ClN4O2/c17-14-6-5-12(10-19-14)16(23)18-7-8-21-15(22)9-11-3-1-2-4-13(11)20-21/h5-6,9-10H,1-4,7-8H2,(H,18,23). The van der Waals surface area contributed by atoms with Gasteiger partial charge in [-0.2, -0.15) is 5.10 Å². The minimum atomic E-state index is -0.250. The number of fused-ring (bicyclic) bond motifs is 1. The molecule has 0 aliphatic heterocycles. The van der Waals surface area contributed by atoms with E-state index < -0.39 is 0 Å². The van der Waals surface area contributed by atoms with Crippen LogP contribution in [0, 0.1) is 0 Å². The van der Waals surface area contributed by atoms with Gasteiger partial charge in [0.05, 0.1) is 17.8 Å². The zero-order chi connectivity index (χ0) is 16.2. The number of amides is 1. The molecule has 0 saturated heterocycles. The third-order valence-electron chi connectivity index (χ3n) is 3.87. The van der Waals surface area contributed by atoms with Crippen LogP contribution in [0.3, 0.4) is 0 Å². The Labute approximate surface area is 138 Å². The molecule has 0 bridgehead atoms. The first-order valence-corrected chi connectivity index (χ1v) is 8.01. The SMILES string of the molecule is O=C(NCCn1nc2c(cc1=O)CCCC2)c1ccc(Cl)nc1. The van der Waals surface area contributed by atoms with Crippen LogP contribution in [-0.4, -0.2) is 27.2 Å². The van der Waals surface area contributed by atoms with Crippen LogP contribution in [0.4, 0.5) is 0 Å². The fraction of sp³-hybridized carbons (Fsp3) is 0.375. The van der Waals surface area contributed by atoms with Crippen molar-refractivity contribution in [2.24, 2.45) is 0 Å². The number of carbonyl (C=O) groups excluding carboxylic acids is 1. The molecule has 0 unspecified atom stereocenters. The molecular formula is C16H17ClN4O2. The van der Waals surface area contributed by atoms with E-state index in [4.69, 9.17) is 11.6 Å². The molecule has 0 spiro atoms. The Morgan fingerprint density at radius 1 is 1.30 bits per heavy atom. The van der Waals surface area contributed by atoms with Crippen LogP contribution in [-0.2, 0) is 19.4 Å². The molecule has 3 rings (SSSR count). The lowest BCUT2D eigenvalue weighted by Gasteiger charge is -2.16. The number of nitrogens with zero attached hydrogens (tertiary/aromatic N) is 3. The first-order valence-electron chi connectivity index (χ1n) is 7.63. The third kappa shape index (κ3) is 3.76. The van der Waals surface area contributed by atoms with Crippen LogP contribution in [0.2, 0.25) is 5.15 Å². The van der Waals surface area contributed by atoms with E-state index in [1.54, 1.807) is 18.2 Å². The molecule has 0 fully saturated rings. The van der Waals surface area contributed by atoms with Crippen LogP contribution in [0.15, 0.2) is 29.2 Å². The Morgan fingerprint density at radius 2 is 2.13 bits per heavy atom. The summed E-state index contributed by atoms with van der Waals surface area (Å²) in [6.07, 6.45) is 5.49. The van der Waals surface area contributed by atoms with Gasteiger partial charge in [-0.05, 0) is 43.4 Å². The van der Waals surface area contributed by atoms with Crippen LogP contribution < -0.4 is 10.9 Å². The van der Waals surface area contributed by atoms with E-state index in [-0.39, 0.29) is 11.5 Å². The van der Waals surface area contributed by atoms with Gasteiger partial charge in [0.1, 0.15) is 5.15 Å². The van der Waals surface area contributed by atoms with Crippen molar-refractivity contribution in [2.45, 2.75) is 32.2 Å². The average Bonchev–Trinajstić information content (AvgIpc) is 2.56. The summed E-state index contributed by atoms with van der Waals surface area (Å²) in [7, 11) is 0. The first-order chi connectivity index (χ1) is 11.1. The van der Waals surface area contributed by atoms with E-state index in [9.17, 15) is 9.59 Å². The largest absolute Gasteiger partial charge is 0.350 e. The molecule has 1 aliphatic carbocycles. The number of halogens is 1. The fourth-order valence-corrected chi connectivity index (χ4v) is 2.76. The van der Waals surface area contributed by atoms with Crippen molar-refractivity contribution in [3.8, 4) is 0 Å². The summed E-state index contributed by atoms with van der Waals surface area (Å²) in [5, 5.41) is 7.51. The highest BCUT2D eigenvalue weighted by molar-refractivity contribution is 6.29. The lowest BCUT2D eigenvalue weighted by atomic mass is 9.97. The molecule has 6 nitrogen and oxygen atoms in total. The average molecular weight is 333 g/mol. The maximum atomic E-state index is 12.0. The molecule has 2 aromatic rings. The van der Waals surface area contributed by atoms with E-state index in [0.717, 1.165) is 36.9 Å². The zero-order valence-electron chi connectivity index (χ0n) is 12.6. The Bertz CT molecular complexity index is 771. The van der Waals surface area contributed by atoms with Gasteiger partial charge in [-0.25, -0.2) is 9.67 Å². The van der Waals surface area contributed by atoms with Crippen molar-refractivity contribution in [1.82, 2.24) is 20.1 Å². The van der Waals surface area contributed by atoms with Gasteiger partial charge >= 0.3 is 0 Å². The van der Waals surface area contributed by atoms with Gasteiger partial charge in [-0.15, -0.1) is 0 Å². The summed E-state index contributed by atoms with van der Waals surface area (Å²) in [5.74, 6) is -0.250. The van der Waals surface area contributed by atoms with Crippen LogP contribution >= 0.6 is 11.6 Å². The summed E-state index contributed by atoms with van der Waals surface area (Å²) in [6.45, 7) is 0.673. The Morgan fingerprint density at radius 3 is 2.91 bits per heavy atom. The van der Waals surface area contributed by atoms with Crippen LogP contribution in [0.1, 0.15) is 34.5 Å². The Kier molecular flexibility index (Phi) is 4.71. The molecule has 0 saturated carbocycles. The first kappa shape index (κ1) is 15.7. The van der Waals surface area contributed by atoms with Gasteiger partial charge in [-0.1, -0.05) is 11.6 Å². The van der Waals surface area contributed by atoms with E-state index in [1.165, 1.54) is 10.9 Å². The lowest BCUT2D eigenvalue weighted by molar-refractivity contribution is 0.0951. The minimum Gasteiger partial charge on any atom is -0.350 e. The molecule has 7 heteroatoms. The van der Waals surface area contributed by atoms with Crippen molar-refractivity contribution >= 4 is 17.5 Å². The number of pyridine rings is 1. The van der Waals surface area contributed by atoms with Gasteiger partial charge in [-0.3, -0.25) is 9.59 Å². The summed E-state index contributed by atoms with van der Waals surface area (Å²) >= 11 is 5.69. The summed E-state index contributed by atoms with van der Waals surface area (Å²) in [5.41, 5.74) is 2.38. The maximum absolute atomic E-state index is 12.0. The number of carbonyl (C=O) groups is 1. The van der Waals surface area contributed by atoms with Gasteiger partial charge in [0.25, 0.3) is 11.5 Å². The summed E-state index contributed by atoms with van der Waals surface area (Å²) in [4.78, 5) is 27.9. The number of aromatic nitrogens is 3. The molecule has 1 N–H and O–H groups in total. The summed E-state index contributed by atoms with van der Waals surface area (Å²) in [6, 6.07) is 4.84. The molecular weight excluding hydrogens is 316 g/mol. The maximum Gasteiger partial charge on any atom is 0.267 e. The fourth-order valence-electron chi connectivity index (χ4n) is 2.65. The molecule has 0 radical (unpaired) electrons. The second-order valence-electron chi connectivity index (χ2n) is 5.51. The normalized spacial score (nSPS) is 13.4. The highest BCUT2D eigenvalue weighted by Crippen LogP contribution is 2.16.